The molecule has 0 saturated heterocycles. The zero-order valence-corrected chi connectivity index (χ0v) is 17.1. The highest BCUT2D eigenvalue weighted by atomic mass is 16.6. The lowest BCUT2D eigenvalue weighted by Crippen LogP contribution is -2.44. The van der Waals surface area contributed by atoms with E-state index in [9.17, 15) is 19.5 Å². The molecule has 32 heavy (non-hydrogen) atoms. The van der Waals surface area contributed by atoms with Crippen molar-refractivity contribution in [1.29, 1.82) is 0 Å². The summed E-state index contributed by atoms with van der Waals surface area (Å²) in [5.41, 5.74) is 1.53. The molecule has 1 N–H and O–H groups in total. The van der Waals surface area contributed by atoms with Gasteiger partial charge in [-0.25, -0.2) is 14.4 Å². The Labute approximate surface area is 185 Å². The van der Waals surface area contributed by atoms with E-state index in [-0.39, 0.29) is 18.8 Å². The van der Waals surface area contributed by atoms with E-state index in [1.54, 1.807) is 66.7 Å². The fraction of sp³-hybridized carbons (Fsp3) is 0.160. The molecule has 0 amide bonds. The lowest BCUT2D eigenvalue weighted by Gasteiger charge is -2.21. The van der Waals surface area contributed by atoms with Crippen LogP contribution in [0, 0.1) is 0 Å². The third kappa shape index (κ3) is 6.52. The third-order valence-electron chi connectivity index (χ3n) is 4.45. The fourth-order valence-corrected chi connectivity index (χ4v) is 2.75. The lowest BCUT2D eigenvalue weighted by atomic mass is 10.2. The Hall–Kier alpha value is -3.97. The van der Waals surface area contributed by atoms with Crippen LogP contribution in [0.3, 0.4) is 0 Å². The van der Waals surface area contributed by atoms with Crippen molar-refractivity contribution in [3.8, 4) is 0 Å². The maximum absolute atomic E-state index is 12.6. The number of aliphatic hydroxyl groups is 1. The van der Waals surface area contributed by atoms with Gasteiger partial charge in [0, 0.05) is 0 Å². The van der Waals surface area contributed by atoms with E-state index in [1.165, 1.54) is 12.1 Å². The van der Waals surface area contributed by atoms with Crippen LogP contribution < -0.4 is 0 Å². The number of esters is 3. The van der Waals surface area contributed by atoms with Crippen molar-refractivity contribution >= 4 is 17.9 Å². The molecular weight excluding hydrogens is 412 g/mol. The minimum Gasteiger partial charge on any atom is -0.459 e. The highest BCUT2D eigenvalue weighted by Gasteiger charge is 2.38. The summed E-state index contributed by atoms with van der Waals surface area (Å²) in [5, 5.41) is 10.5. The first-order valence-corrected chi connectivity index (χ1v) is 9.90. The molecule has 7 nitrogen and oxygen atoms in total. The Balaban J connectivity index is 1.69. The fourth-order valence-electron chi connectivity index (χ4n) is 2.75. The Kier molecular flexibility index (Phi) is 8.11. The number of rotatable bonds is 9. The molecule has 7 heteroatoms. The van der Waals surface area contributed by atoms with Crippen LogP contribution in [0.5, 0.6) is 0 Å². The first kappa shape index (κ1) is 22.7. The molecule has 3 rings (SSSR count). The van der Waals surface area contributed by atoms with E-state index in [0.717, 1.165) is 0 Å². The minimum absolute atomic E-state index is 0.116. The van der Waals surface area contributed by atoms with Gasteiger partial charge in [-0.05, 0) is 23.3 Å². The van der Waals surface area contributed by atoms with Crippen LogP contribution in [0.2, 0.25) is 0 Å². The molecule has 0 radical (unpaired) electrons. The van der Waals surface area contributed by atoms with Gasteiger partial charge in [0.1, 0.15) is 13.2 Å². The van der Waals surface area contributed by atoms with E-state index in [1.807, 2.05) is 12.1 Å². The summed E-state index contributed by atoms with van der Waals surface area (Å²) >= 11 is 0. The molecule has 2 atom stereocenters. The number of ether oxygens (including phenoxy) is 3. The van der Waals surface area contributed by atoms with Gasteiger partial charge in [0.05, 0.1) is 5.56 Å². The first-order chi connectivity index (χ1) is 15.5. The van der Waals surface area contributed by atoms with Crippen LogP contribution >= 0.6 is 0 Å². The average molecular weight is 434 g/mol. The molecule has 3 aromatic rings. The molecule has 0 spiro atoms. The van der Waals surface area contributed by atoms with Crippen molar-refractivity contribution in [2.45, 2.75) is 25.4 Å². The highest BCUT2D eigenvalue weighted by molar-refractivity contribution is 5.93. The van der Waals surface area contributed by atoms with Crippen LogP contribution in [-0.2, 0) is 37.0 Å². The number of benzene rings is 3. The number of carbonyl (C=O) groups excluding carboxylic acids is 3. The molecule has 0 saturated carbocycles. The lowest BCUT2D eigenvalue weighted by molar-refractivity contribution is -0.175. The predicted octanol–water partition coefficient (Wildman–Crippen LogP) is 3.06. The summed E-state index contributed by atoms with van der Waals surface area (Å²) in [5.74, 6) is -3.07. The standard InChI is InChI=1S/C25H22O7/c26-21(24(28)30-16-18-10-4-1-5-11-18)22(32-23(27)20-14-8-3-9-15-20)25(29)31-17-19-12-6-2-7-13-19/h1-15,21-22,26H,16-17H2/t21-,22-/m1/s1. The molecule has 0 fully saturated rings. The number of hydrogen-bond donors (Lipinski definition) is 1. The highest BCUT2D eigenvalue weighted by Crippen LogP contribution is 2.13. The van der Waals surface area contributed by atoms with Crippen molar-refractivity contribution in [3.63, 3.8) is 0 Å². The van der Waals surface area contributed by atoms with Gasteiger partial charge in [-0.2, -0.15) is 0 Å². The minimum atomic E-state index is -2.06. The van der Waals surface area contributed by atoms with Gasteiger partial charge in [0.25, 0.3) is 0 Å². The van der Waals surface area contributed by atoms with E-state index in [0.29, 0.717) is 11.1 Å². The molecule has 164 valence electrons. The third-order valence-corrected chi connectivity index (χ3v) is 4.45. The Morgan fingerprint density at radius 3 is 1.59 bits per heavy atom. The SMILES string of the molecule is O=C(O[C@@H](C(=O)OCc1ccccc1)[C@@H](O)C(=O)OCc1ccccc1)c1ccccc1. The van der Waals surface area contributed by atoms with E-state index >= 15 is 0 Å². The second-order valence-corrected chi connectivity index (χ2v) is 6.82. The predicted molar refractivity (Wildman–Crippen MR) is 114 cm³/mol. The first-order valence-electron chi connectivity index (χ1n) is 9.90. The Morgan fingerprint density at radius 2 is 1.09 bits per heavy atom. The van der Waals surface area contributed by atoms with Crippen molar-refractivity contribution in [3.05, 3.63) is 108 Å². The molecule has 0 bridgehead atoms. The maximum Gasteiger partial charge on any atom is 0.351 e. The molecular formula is C25H22O7. The van der Waals surface area contributed by atoms with Gasteiger partial charge in [-0.1, -0.05) is 78.9 Å². The van der Waals surface area contributed by atoms with Crippen LogP contribution in [0.15, 0.2) is 91.0 Å². The second kappa shape index (κ2) is 11.4. The van der Waals surface area contributed by atoms with Crippen molar-refractivity contribution in [2.24, 2.45) is 0 Å². The van der Waals surface area contributed by atoms with Gasteiger partial charge in [0.15, 0.2) is 6.10 Å². The van der Waals surface area contributed by atoms with Crippen LogP contribution in [0.25, 0.3) is 0 Å². The molecule has 0 aliphatic rings. The van der Waals surface area contributed by atoms with Crippen molar-refractivity contribution < 1.29 is 33.7 Å². The average Bonchev–Trinajstić information content (AvgIpc) is 2.85. The number of hydrogen-bond acceptors (Lipinski definition) is 7. The summed E-state index contributed by atoms with van der Waals surface area (Å²) < 4.78 is 15.4. The topological polar surface area (TPSA) is 99.1 Å². The molecule has 0 aliphatic heterocycles. The summed E-state index contributed by atoms with van der Waals surface area (Å²) in [4.78, 5) is 37.5. The molecule has 3 aromatic carbocycles. The molecule has 0 unspecified atom stereocenters. The molecule has 0 aromatic heterocycles. The molecule has 0 aliphatic carbocycles. The summed E-state index contributed by atoms with van der Waals surface area (Å²) in [6.45, 7) is -0.236. The van der Waals surface area contributed by atoms with E-state index < -0.39 is 30.1 Å². The Morgan fingerprint density at radius 1 is 0.656 bits per heavy atom. The quantitative estimate of drug-likeness (QED) is 0.408. The zero-order valence-electron chi connectivity index (χ0n) is 17.1. The summed E-state index contributed by atoms with van der Waals surface area (Å²) in [7, 11) is 0. The van der Waals surface area contributed by atoms with E-state index in [4.69, 9.17) is 14.2 Å². The zero-order chi connectivity index (χ0) is 22.8. The van der Waals surface area contributed by atoms with Gasteiger partial charge in [-0.3, -0.25) is 0 Å². The largest absolute Gasteiger partial charge is 0.459 e. The normalized spacial score (nSPS) is 12.3. The van der Waals surface area contributed by atoms with Gasteiger partial charge in [-0.15, -0.1) is 0 Å². The van der Waals surface area contributed by atoms with Crippen molar-refractivity contribution in [1.82, 2.24) is 0 Å². The number of aliphatic hydroxyl groups excluding tert-OH is 1. The van der Waals surface area contributed by atoms with Gasteiger partial charge >= 0.3 is 17.9 Å². The molecule has 0 heterocycles. The van der Waals surface area contributed by atoms with Crippen molar-refractivity contribution in [2.75, 3.05) is 0 Å². The van der Waals surface area contributed by atoms with Crippen LogP contribution in [-0.4, -0.2) is 35.2 Å². The number of carbonyl (C=O) groups is 3. The maximum atomic E-state index is 12.6. The smallest absolute Gasteiger partial charge is 0.351 e. The monoisotopic (exact) mass is 434 g/mol. The summed E-state index contributed by atoms with van der Waals surface area (Å²) in [6.07, 6.45) is -3.95. The van der Waals surface area contributed by atoms with Crippen LogP contribution in [0.1, 0.15) is 21.5 Å². The van der Waals surface area contributed by atoms with Gasteiger partial charge in [0.2, 0.25) is 6.10 Å². The van der Waals surface area contributed by atoms with Gasteiger partial charge < -0.3 is 19.3 Å². The summed E-state index contributed by atoms with van der Waals surface area (Å²) in [6, 6.07) is 25.5. The van der Waals surface area contributed by atoms with Crippen LogP contribution in [0.4, 0.5) is 0 Å². The Bertz CT molecular complexity index is 1020. The van der Waals surface area contributed by atoms with E-state index in [2.05, 4.69) is 0 Å². The second-order valence-electron chi connectivity index (χ2n) is 6.82.